The largest absolute Gasteiger partial charge is 0.480 e. The molecule has 0 aliphatic carbocycles. The molecule has 1 atom stereocenters. The molecule has 0 unspecified atom stereocenters. The zero-order valence-electron chi connectivity index (χ0n) is 10.5. The average Bonchev–Trinajstić information content (AvgIpc) is 2.85. The van der Waals surface area contributed by atoms with Gasteiger partial charge in [-0.2, -0.15) is 0 Å². The maximum atomic E-state index is 11.9. The smallest absolute Gasteiger partial charge is 0.326 e. The molecule has 18 heavy (non-hydrogen) atoms. The van der Waals surface area contributed by atoms with Gasteiger partial charge >= 0.3 is 12.0 Å². The van der Waals surface area contributed by atoms with E-state index in [0.29, 0.717) is 25.3 Å². The molecule has 1 heterocycles. The average molecular weight is 254 g/mol. The summed E-state index contributed by atoms with van der Waals surface area (Å²) in [6.45, 7) is 4.33. The third kappa shape index (κ3) is 3.80. The number of aliphatic carboxylic acids is 1. The molecule has 2 amide bonds. The van der Waals surface area contributed by atoms with E-state index in [2.05, 4.69) is 5.32 Å². The summed E-state index contributed by atoms with van der Waals surface area (Å²) in [6, 6.07) is 2.25. The van der Waals surface area contributed by atoms with E-state index in [1.165, 1.54) is 11.2 Å². The lowest BCUT2D eigenvalue weighted by Gasteiger charge is -2.22. The van der Waals surface area contributed by atoms with E-state index in [4.69, 9.17) is 9.52 Å². The highest BCUT2D eigenvalue weighted by Gasteiger charge is 2.21. The summed E-state index contributed by atoms with van der Waals surface area (Å²) in [5, 5.41) is 11.4. The van der Waals surface area contributed by atoms with Crippen molar-refractivity contribution >= 4 is 12.0 Å². The van der Waals surface area contributed by atoms with Crippen LogP contribution in [0.15, 0.2) is 22.8 Å². The summed E-state index contributed by atoms with van der Waals surface area (Å²) < 4.78 is 5.16. The first-order valence-corrected chi connectivity index (χ1v) is 5.89. The Balaban J connectivity index is 2.59. The maximum Gasteiger partial charge on any atom is 0.326 e. The van der Waals surface area contributed by atoms with Gasteiger partial charge in [0.15, 0.2) is 0 Å². The van der Waals surface area contributed by atoms with Crippen LogP contribution in [0.25, 0.3) is 0 Å². The molecule has 0 saturated heterocycles. The van der Waals surface area contributed by atoms with Crippen molar-refractivity contribution in [2.24, 2.45) is 0 Å². The lowest BCUT2D eigenvalue weighted by atomic mass is 10.2. The second-order valence-corrected chi connectivity index (χ2v) is 3.84. The molecule has 0 spiro atoms. The number of carbonyl (C=O) groups is 2. The third-order valence-electron chi connectivity index (χ3n) is 2.60. The second kappa shape index (κ2) is 6.68. The van der Waals surface area contributed by atoms with Crippen LogP contribution in [-0.2, 0) is 11.3 Å². The number of furan rings is 1. The fourth-order valence-corrected chi connectivity index (χ4v) is 1.50. The Morgan fingerprint density at radius 2 is 2.22 bits per heavy atom. The molecular weight excluding hydrogens is 236 g/mol. The fraction of sp³-hybridized carbons (Fsp3) is 0.500. The Labute approximate surface area is 106 Å². The molecular formula is C12H18N2O4. The van der Waals surface area contributed by atoms with Gasteiger partial charge in [-0.25, -0.2) is 9.59 Å². The zero-order chi connectivity index (χ0) is 13.5. The number of nitrogens with zero attached hydrogens (tertiary/aromatic N) is 1. The molecule has 0 aliphatic rings. The number of urea groups is 1. The number of rotatable bonds is 6. The van der Waals surface area contributed by atoms with Crippen molar-refractivity contribution < 1.29 is 19.1 Å². The van der Waals surface area contributed by atoms with E-state index in [1.54, 1.807) is 19.1 Å². The van der Waals surface area contributed by atoms with E-state index in [0.717, 1.165) is 0 Å². The lowest BCUT2D eigenvalue weighted by molar-refractivity contribution is -0.139. The van der Waals surface area contributed by atoms with Crippen molar-refractivity contribution in [3.63, 3.8) is 0 Å². The Morgan fingerprint density at radius 1 is 1.50 bits per heavy atom. The molecule has 0 bridgehead atoms. The van der Waals surface area contributed by atoms with E-state index in [1.807, 2.05) is 6.92 Å². The highest BCUT2D eigenvalue weighted by atomic mass is 16.4. The summed E-state index contributed by atoms with van der Waals surface area (Å²) in [4.78, 5) is 24.2. The molecule has 0 aliphatic heterocycles. The first kappa shape index (κ1) is 14.1. The number of hydrogen-bond donors (Lipinski definition) is 2. The normalized spacial score (nSPS) is 11.9. The predicted octanol–water partition coefficient (Wildman–Crippen LogP) is 1.67. The van der Waals surface area contributed by atoms with E-state index < -0.39 is 18.0 Å². The number of carboxylic acids is 1. The van der Waals surface area contributed by atoms with E-state index in [9.17, 15) is 9.59 Å². The number of carbonyl (C=O) groups excluding carboxylic acids is 1. The van der Waals surface area contributed by atoms with Crippen LogP contribution in [0.3, 0.4) is 0 Å². The first-order chi connectivity index (χ1) is 8.58. The van der Waals surface area contributed by atoms with Crippen LogP contribution in [0.4, 0.5) is 4.79 Å². The van der Waals surface area contributed by atoms with Gasteiger partial charge < -0.3 is 19.7 Å². The molecule has 0 aromatic carbocycles. The standard InChI is InChI=1S/C12H18N2O4/c1-3-10(11(15)16)13-12(17)14(4-2)8-9-6-5-7-18-9/h5-7,10H,3-4,8H2,1-2H3,(H,13,17)(H,15,16)/t10-/m1/s1. The zero-order valence-corrected chi connectivity index (χ0v) is 10.5. The molecule has 1 rings (SSSR count). The molecule has 6 heteroatoms. The Hall–Kier alpha value is -1.98. The molecule has 0 saturated carbocycles. The molecule has 0 fully saturated rings. The van der Waals surface area contributed by atoms with Crippen molar-refractivity contribution in [3.8, 4) is 0 Å². The van der Waals surface area contributed by atoms with Crippen LogP contribution in [-0.4, -0.2) is 34.6 Å². The topological polar surface area (TPSA) is 82.8 Å². The molecule has 1 aromatic heterocycles. The van der Waals surface area contributed by atoms with Crippen molar-refractivity contribution in [2.45, 2.75) is 32.9 Å². The maximum absolute atomic E-state index is 11.9. The van der Waals surface area contributed by atoms with E-state index >= 15 is 0 Å². The van der Waals surface area contributed by atoms with Crippen LogP contribution >= 0.6 is 0 Å². The van der Waals surface area contributed by atoms with Crippen LogP contribution in [0.5, 0.6) is 0 Å². The highest BCUT2D eigenvalue weighted by molar-refractivity contribution is 5.82. The Morgan fingerprint density at radius 3 is 2.67 bits per heavy atom. The predicted molar refractivity (Wildman–Crippen MR) is 65.0 cm³/mol. The molecule has 0 radical (unpaired) electrons. The molecule has 2 N–H and O–H groups in total. The Bertz CT molecular complexity index is 389. The summed E-state index contributed by atoms with van der Waals surface area (Å²) in [5.74, 6) is -0.365. The minimum Gasteiger partial charge on any atom is -0.480 e. The van der Waals surface area contributed by atoms with Crippen LogP contribution < -0.4 is 5.32 Å². The Kier molecular flexibility index (Phi) is 5.23. The van der Waals surface area contributed by atoms with E-state index in [-0.39, 0.29) is 0 Å². The van der Waals surface area contributed by atoms with Gasteiger partial charge in [-0.05, 0) is 25.5 Å². The SMILES string of the molecule is CC[C@@H](NC(=O)N(CC)Cc1ccco1)C(=O)O. The minimum absolute atomic E-state index is 0.325. The van der Waals surface area contributed by atoms with Crippen molar-refractivity contribution in [1.82, 2.24) is 10.2 Å². The van der Waals surface area contributed by atoms with Crippen LogP contribution in [0.1, 0.15) is 26.0 Å². The number of amides is 2. The summed E-state index contributed by atoms with van der Waals surface area (Å²) in [5.41, 5.74) is 0. The lowest BCUT2D eigenvalue weighted by Crippen LogP contribution is -2.47. The van der Waals surface area contributed by atoms with Crippen LogP contribution in [0, 0.1) is 0 Å². The van der Waals surface area contributed by atoms with Crippen molar-refractivity contribution in [2.75, 3.05) is 6.54 Å². The van der Waals surface area contributed by atoms with Gasteiger partial charge in [-0.1, -0.05) is 6.92 Å². The monoisotopic (exact) mass is 254 g/mol. The van der Waals surface area contributed by atoms with Gasteiger partial charge in [0.1, 0.15) is 11.8 Å². The van der Waals surface area contributed by atoms with Gasteiger partial charge in [0, 0.05) is 6.54 Å². The summed E-state index contributed by atoms with van der Waals surface area (Å²) in [7, 11) is 0. The molecule has 6 nitrogen and oxygen atoms in total. The number of carboxylic acid groups (broad SMARTS) is 1. The van der Waals surface area contributed by atoms with Crippen LogP contribution in [0.2, 0.25) is 0 Å². The fourth-order valence-electron chi connectivity index (χ4n) is 1.50. The van der Waals surface area contributed by atoms with Gasteiger partial charge in [0.25, 0.3) is 0 Å². The van der Waals surface area contributed by atoms with Crippen molar-refractivity contribution in [3.05, 3.63) is 24.2 Å². The third-order valence-corrected chi connectivity index (χ3v) is 2.60. The van der Waals surface area contributed by atoms with Gasteiger partial charge in [-0.15, -0.1) is 0 Å². The van der Waals surface area contributed by atoms with Gasteiger partial charge in [-0.3, -0.25) is 0 Å². The van der Waals surface area contributed by atoms with Gasteiger partial charge in [0.05, 0.1) is 12.8 Å². The second-order valence-electron chi connectivity index (χ2n) is 3.84. The quantitative estimate of drug-likeness (QED) is 0.809. The summed E-state index contributed by atoms with van der Waals surface area (Å²) >= 11 is 0. The number of hydrogen-bond acceptors (Lipinski definition) is 3. The highest BCUT2D eigenvalue weighted by Crippen LogP contribution is 2.06. The van der Waals surface area contributed by atoms with Gasteiger partial charge in [0.2, 0.25) is 0 Å². The molecule has 1 aromatic rings. The number of nitrogens with one attached hydrogen (secondary N) is 1. The van der Waals surface area contributed by atoms with Crippen molar-refractivity contribution in [1.29, 1.82) is 0 Å². The minimum atomic E-state index is -1.03. The first-order valence-electron chi connectivity index (χ1n) is 5.89. The summed E-state index contributed by atoms with van der Waals surface area (Å²) in [6.07, 6.45) is 1.88. The molecule has 100 valence electrons.